The summed E-state index contributed by atoms with van der Waals surface area (Å²) in [6, 6.07) is 1.63. The van der Waals surface area contributed by atoms with Crippen LogP contribution in [0.3, 0.4) is 0 Å². The number of hydrogen-bond donors (Lipinski definition) is 3. The van der Waals surface area contributed by atoms with Crippen LogP contribution < -0.4 is 16.0 Å². The molecule has 3 N–H and O–H groups in total. The van der Waals surface area contributed by atoms with Crippen molar-refractivity contribution in [1.29, 1.82) is 0 Å². The number of hydrogen-bond acceptors (Lipinski definition) is 4. The summed E-state index contributed by atoms with van der Waals surface area (Å²) in [5.74, 6) is 0.452. The Labute approximate surface area is 198 Å². The van der Waals surface area contributed by atoms with Crippen LogP contribution >= 0.6 is 11.6 Å². The van der Waals surface area contributed by atoms with Crippen LogP contribution in [0.5, 0.6) is 0 Å². The highest BCUT2D eigenvalue weighted by molar-refractivity contribution is 6.33. The number of anilines is 1. The molecule has 0 unspecified atom stereocenters. The second-order valence-corrected chi connectivity index (χ2v) is 10.7. The minimum atomic E-state index is -0.271. The van der Waals surface area contributed by atoms with Gasteiger partial charge in [-0.3, -0.25) is 10.00 Å². The highest BCUT2D eigenvalue weighted by Gasteiger charge is 2.56. The van der Waals surface area contributed by atoms with Gasteiger partial charge in [-0.05, 0) is 42.6 Å². The number of carbonyl (C=O) groups is 2. The molecule has 5 rings (SSSR count). The Kier molecular flexibility index (Phi) is 5.27. The van der Waals surface area contributed by atoms with Gasteiger partial charge in [0.2, 0.25) is 0 Å². The molecule has 1 spiro atoms. The van der Waals surface area contributed by atoms with E-state index in [9.17, 15) is 9.59 Å². The number of urea groups is 2. The molecule has 1 atom stereocenters. The maximum atomic E-state index is 12.7. The predicted molar refractivity (Wildman–Crippen MR) is 126 cm³/mol. The summed E-state index contributed by atoms with van der Waals surface area (Å²) in [6.45, 7) is 6.76. The van der Waals surface area contributed by atoms with Gasteiger partial charge in [-0.2, -0.15) is 5.10 Å². The van der Waals surface area contributed by atoms with Crippen molar-refractivity contribution in [2.45, 2.75) is 52.1 Å². The van der Waals surface area contributed by atoms with E-state index in [0.717, 1.165) is 49.0 Å². The second-order valence-electron chi connectivity index (χ2n) is 10.3. The zero-order valence-electron chi connectivity index (χ0n) is 19.2. The maximum absolute atomic E-state index is 12.7. The van der Waals surface area contributed by atoms with Crippen molar-refractivity contribution in [2.24, 2.45) is 10.8 Å². The molecular formula is C23H30ClN7O2. The number of pyridine rings is 1. The standard InChI is InChI=1S/C23H30ClN7O2/c1-22(2)9-17-15(11-27-31(17)13-22)14-8-19(26-12-16(14)24)29-20(32)28-18-10-23(18)4-6-30(7-5-23)21(33)25-3/h8,11-12,18H,4-7,9-10,13H2,1-3H3,(H,25,33)(H2,26,28,29,32)/t18-/m0/s1. The Morgan fingerprint density at radius 1 is 1.18 bits per heavy atom. The van der Waals surface area contributed by atoms with Gasteiger partial charge in [-0.1, -0.05) is 25.4 Å². The summed E-state index contributed by atoms with van der Waals surface area (Å²) < 4.78 is 2.04. The Bertz CT molecular complexity index is 1100. The van der Waals surface area contributed by atoms with Crippen LogP contribution in [0, 0.1) is 10.8 Å². The van der Waals surface area contributed by atoms with E-state index in [-0.39, 0.29) is 28.9 Å². The van der Waals surface area contributed by atoms with Crippen LogP contribution in [0.15, 0.2) is 18.5 Å². The third-order valence-electron chi connectivity index (χ3n) is 7.31. The molecule has 1 saturated carbocycles. The second kappa shape index (κ2) is 7.90. The van der Waals surface area contributed by atoms with Crippen LogP contribution in [-0.2, 0) is 13.0 Å². The number of nitrogens with one attached hydrogen (secondary N) is 3. The molecule has 0 radical (unpaired) electrons. The number of halogens is 1. The van der Waals surface area contributed by atoms with Crippen molar-refractivity contribution in [1.82, 2.24) is 30.3 Å². The zero-order valence-corrected chi connectivity index (χ0v) is 20.0. The minimum Gasteiger partial charge on any atom is -0.341 e. The molecule has 2 fully saturated rings. The van der Waals surface area contributed by atoms with E-state index < -0.39 is 0 Å². The molecule has 9 nitrogen and oxygen atoms in total. The number of amides is 4. The average Bonchev–Trinajstić information content (AvgIpc) is 3.10. The van der Waals surface area contributed by atoms with Gasteiger partial charge in [-0.25, -0.2) is 14.6 Å². The lowest BCUT2D eigenvalue weighted by atomic mass is 9.89. The number of aromatic nitrogens is 3. The topological polar surface area (TPSA) is 104 Å². The summed E-state index contributed by atoms with van der Waals surface area (Å²) in [4.78, 5) is 30.6. The van der Waals surface area contributed by atoms with Crippen LogP contribution in [0.25, 0.3) is 11.1 Å². The molecule has 10 heteroatoms. The summed E-state index contributed by atoms with van der Waals surface area (Å²) in [6.07, 6.45) is 7.08. The summed E-state index contributed by atoms with van der Waals surface area (Å²) in [7, 11) is 1.65. The summed E-state index contributed by atoms with van der Waals surface area (Å²) >= 11 is 6.47. The molecule has 1 aliphatic carbocycles. The maximum Gasteiger partial charge on any atom is 0.320 e. The minimum absolute atomic E-state index is 0.0370. The van der Waals surface area contributed by atoms with Gasteiger partial charge in [-0.15, -0.1) is 0 Å². The average molecular weight is 472 g/mol. The molecule has 2 aliphatic heterocycles. The van der Waals surface area contributed by atoms with Crippen molar-refractivity contribution in [3.8, 4) is 11.1 Å². The Morgan fingerprint density at radius 3 is 2.67 bits per heavy atom. The first kappa shape index (κ1) is 22.0. The van der Waals surface area contributed by atoms with E-state index in [2.05, 4.69) is 39.9 Å². The molecule has 176 valence electrons. The molecular weight excluding hydrogens is 442 g/mol. The van der Waals surface area contributed by atoms with Gasteiger partial charge in [0.1, 0.15) is 5.82 Å². The number of nitrogens with zero attached hydrogens (tertiary/aromatic N) is 4. The van der Waals surface area contributed by atoms with E-state index in [1.165, 1.54) is 0 Å². The molecule has 4 amide bonds. The molecule has 4 heterocycles. The van der Waals surface area contributed by atoms with Crippen LogP contribution in [0.4, 0.5) is 15.4 Å². The zero-order chi connectivity index (χ0) is 23.4. The smallest absolute Gasteiger partial charge is 0.320 e. The largest absolute Gasteiger partial charge is 0.341 e. The first-order valence-electron chi connectivity index (χ1n) is 11.4. The van der Waals surface area contributed by atoms with Crippen molar-refractivity contribution in [3.05, 3.63) is 29.2 Å². The van der Waals surface area contributed by atoms with Crippen molar-refractivity contribution < 1.29 is 9.59 Å². The van der Waals surface area contributed by atoms with Crippen molar-refractivity contribution >= 4 is 29.5 Å². The summed E-state index contributed by atoms with van der Waals surface area (Å²) in [5, 5.41) is 13.7. The monoisotopic (exact) mass is 471 g/mol. The fourth-order valence-corrected chi connectivity index (χ4v) is 5.52. The van der Waals surface area contributed by atoms with Crippen LogP contribution in [-0.4, -0.2) is 57.9 Å². The molecule has 2 aromatic rings. The van der Waals surface area contributed by atoms with Gasteiger partial charge in [0.25, 0.3) is 0 Å². The summed E-state index contributed by atoms with van der Waals surface area (Å²) in [5.41, 5.74) is 3.24. The lowest BCUT2D eigenvalue weighted by Gasteiger charge is -2.32. The van der Waals surface area contributed by atoms with Crippen molar-refractivity contribution in [2.75, 3.05) is 25.5 Å². The molecule has 1 saturated heterocycles. The number of likely N-dealkylation sites (tertiary alicyclic amines) is 1. The van der Waals surface area contributed by atoms with E-state index in [1.807, 2.05) is 21.8 Å². The Hall–Kier alpha value is -2.81. The van der Waals surface area contributed by atoms with Gasteiger partial charge >= 0.3 is 12.1 Å². The van der Waals surface area contributed by atoms with E-state index in [4.69, 9.17) is 11.6 Å². The molecule has 33 heavy (non-hydrogen) atoms. The Morgan fingerprint density at radius 2 is 1.94 bits per heavy atom. The van der Waals surface area contributed by atoms with Crippen LogP contribution in [0.1, 0.15) is 38.8 Å². The van der Waals surface area contributed by atoms with E-state index >= 15 is 0 Å². The third kappa shape index (κ3) is 4.14. The molecule has 0 bridgehead atoms. The van der Waals surface area contributed by atoms with Gasteiger partial charge < -0.3 is 15.5 Å². The van der Waals surface area contributed by atoms with Crippen molar-refractivity contribution in [3.63, 3.8) is 0 Å². The number of piperidine rings is 1. The lowest BCUT2D eigenvalue weighted by molar-refractivity contribution is 0.163. The number of fused-ring (bicyclic) bond motifs is 1. The first-order chi connectivity index (χ1) is 15.7. The van der Waals surface area contributed by atoms with E-state index in [0.29, 0.717) is 23.9 Å². The number of rotatable bonds is 3. The highest BCUT2D eigenvalue weighted by atomic mass is 35.5. The van der Waals surface area contributed by atoms with Gasteiger partial charge in [0, 0.05) is 55.7 Å². The molecule has 0 aromatic carbocycles. The predicted octanol–water partition coefficient (Wildman–Crippen LogP) is 3.50. The number of carbonyl (C=O) groups excluding carboxylic acids is 2. The third-order valence-corrected chi connectivity index (χ3v) is 7.62. The normalized spacial score (nSPS) is 22.1. The Balaban J connectivity index is 1.22. The van der Waals surface area contributed by atoms with Crippen LogP contribution in [0.2, 0.25) is 5.02 Å². The van der Waals surface area contributed by atoms with E-state index in [1.54, 1.807) is 13.2 Å². The highest BCUT2D eigenvalue weighted by Crippen LogP contribution is 2.53. The molecule has 2 aromatic heterocycles. The quantitative estimate of drug-likeness (QED) is 0.637. The molecule has 3 aliphatic rings. The SMILES string of the molecule is CNC(=O)N1CCC2(CC1)C[C@@H]2NC(=O)Nc1cc(-c2cnn3c2CC(C)(C)C3)c(Cl)cn1. The fraction of sp³-hybridized carbons (Fsp3) is 0.565. The van der Waals surface area contributed by atoms with Gasteiger partial charge in [0.05, 0.1) is 11.2 Å². The fourth-order valence-electron chi connectivity index (χ4n) is 5.31. The first-order valence-corrected chi connectivity index (χ1v) is 11.8. The lowest BCUT2D eigenvalue weighted by Crippen LogP contribution is -2.45. The van der Waals surface area contributed by atoms with Gasteiger partial charge in [0.15, 0.2) is 0 Å².